The molecular weight excluding hydrogens is 242 g/mol. The molecular formula is C14H25N3O2. The van der Waals surface area contributed by atoms with Crippen LogP contribution in [0, 0.1) is 5.92 Å². The molecule has 5 nitrogen and oxygen atoms in total. The quantitative estimate of drug-likeness (QED) is 0.720. The van der Waals surface area contributed by atoms with Gasteiger partial charge in [0.15, 0.2) is 0 Å². The van der Waals surface area contributed by atoms with E-state index in [4.69, 9.17) is 0 Å². The second-order valence-corrected chi connectivity index (χ2v) is 5.61. The summed E-state index contributed by atoms with van der Waals surface area (Å²) >= 11 is 0. The normalized spacial score (nSPS) is 27.4. The van der Waals surface area contributed by atoms with Crippen molar-refractivity contribution in [3.8, 4) is 0 Å². The van der Waals surface area contributed by atoms with Crippen LogP contribution in [0.25, 0.3) is 0 Å². The number of hydrogen-bond acceptors (Lipinski definition) is 3. The molecule has 2 rings (SSSR count). The van der Waals surface area contributed by atoms with Gasteiger partial charge >= 0.3 is 6.03 Å². The fourth-order valence-electron chi connectivity index (χ4n) is 3.02. The van der Waals surface area contributed by atoms with Crippen molar-refractivity contribution in [2.45, 2.75) is 31.3 Å². The van der Waals surface area contributed by atoms with Gasteiger partial charge in [0, 0.05) is 51.3 Å². The van der Waals surface area contributed by atoms with Gasteiger partial charge < -0.3 is 15.3 Å². The first-order chi connectivity index (χ1) is 9.19. The number of nitrogens with one attached hydrogen (secondary N) is 1. The molecule has 0 spiro atoms. The summed E-state index contributed by atoms with van der Waals surface area (Å²) in [4.78, 5) is 16.1. The van der Waals surface area contributed by atoms with E-state index in [1.807, 2.05) is 11.0 Å². The zero-order valence-corrected chi connectivity index (χ0v) is 11.7. The first-order valence-electron chi connectivity index (χ1n) is 7.13. The van der Waals surface area contributed by atoms with Crippen LogP contribution in [0.15, 0.2) is 12.7 Å². The molecule has 2 atom stereocenters. The molecule has 1 aliphatic heterocycles. The van der Waals surface area contributed by atoms with Crippen molar-refractivity contribution in [2.75, 3.05) is 33.3 Å². The Morgan fingerprint density at radius 2 is 2.21 bits per heavy atom. The summed E-state index contributed by atoms with van der Waals surface area (Å²) in [7, 11) is 1.66. The number of rotatable bonds is 5. The summed E-state index contributed by atoms with van der Waals surface area (Å²) in [6.45, 7) is 6.25. The molecule has 5 heteroatoms. The van der Waals surface area contributed by atoms with Crippen LogP contribution >= 0.6 is 0 Å². The third-order valence-electron chi connectivity index (χ3n) is 4.10. The number of amides is 2. The second kappa shape index (κ2) is 6.39. The molecule has 1 saturated heterocycles. The van der Waals surface area contributed by atoms with Crippen LogP contribution in [0.4, 0.5) is 4.79 Å². The molecule has 2 fully saturated rings. The first kappa shape index (κ1) is 14.3. The lowest BCUT2D eigenvalue weighted by atomic mass is 9.93. The number of aliphatic hydroxyl groups is 1. The molecule has 108 valence electrons. The van der Waals surface area contributed by atoms with E-state index in [1.165, 1.54) is 12.8 Å². The van der Waals surface area contributed by atoms with Gasteiger partial charge in [-0.05, 0) is 19.3 Å². The smallest absolute Gasteiger partial charge is 0.317 e. The zero-order valence-electron chi connectivity index (χ0n) is 11.7. The fourth-order valence-corrected chi connectivity index (χ4v) is 3.02. The van der Waals surface area contributed by atoms with Crippen LogP contribution in [-0.4, -0.2) is 66.3 Å². The maximum atomic E-state index is 11.8. The van der Waals surface area contributed by atoms with E-state index in [0.29, 0.717) is 18.6 Å². The van der Waals surface area contributed by atoms with Gasteiger partial charge in [0.05, 0.1) is 0 Å². The average Bonchev–Trinajstić information content (AvgIpc) is 3.27. The Morgan fingerprint density at radius 3 is 2.74 bits per heavy atom. The van der Waals surface area contributed by atoms with E-state index in [2.05, 4.69) is 16.8 Å². The maximum absolute atomic E-state index is 11.8. The summed E-state index contributed by atoms with van der Waals surface area (Å²) in [6.07, 6.45) is 5.39. The van der Waals surface area contributed by atoms with Gasteiger partial charge in [0.25, 0.3) is 0 Å². The predicted molar refractivity (Wildman–Crippen MR) is 74.9 cm³/mol. The maximum Gasteiger partial charge on any atom is 0.317 e. The molecule has 2 amide bonds. The van der Waals surface area contributed by atoms with Crippen LogP contribution < -0.4 is 5.32 Å². The minimum atomic E-state index is -0.0440. The molecule has 2 aliphatic rings. The Labute approximate surface area is 115 Å². The molecule has 1 saturated carbocycles. The van der Waals surface area contributed by atoms with Crippen molar-refractivity contribution in [3.63, 3.8) is 0 Å². The zero-order chi connectivity index (χ0) is 13.8. The summed E-state index contributed by atoms with van der Waals surface area (Å²) in [5.41, 5.74) is 0. The van der Waals surface area contributed by atoms with E-state index in [-0.39, 0.29) is 18.6 Å². The molecule has 1 heterocycles. The lowest BCUT2D eigenvalue weighted by Gasteiger charge is -2.42. The first-order valence-corrected chi connectivity index (χ1v) is 7.13. The van der Waals surface area contributed by atoms with Crippen molar-refractivity contribution in [2.24, 2.45) is 5.92 Å². The van der Waals surface area contributed by atoms with Gasteiger partial charge in [-0.1, -0.05) is 6.08 Å². The monoisotopic (exact) mass is 267 g/mol. The van der Waals surface area contributed by atoms with Gasteiger partial charge in [0.2, 0.25) is 0 Å². The van der Waals surface area contributed by atoms with Gasteiger partial charge in [-0.25, -0.2) is 4.79 Å². The lowest BCUT2D eigenvalue weighted by Crippen LogP contribution is -2.55. The van der Waals surface area contributed by atoms with E-state index in [1.54, 1.807) is 7.05 Å². The van der Waals surface area contributed by atoms with E-state index >= 15 is 0 Å². The molecule has 1 aliphatic carbocycles. The largest absolute Gasteiger partial charge is 0.396 e. The number of carbonyl (C=O) groups excluding carboxylic acids is 1. The van der Waals surface area contributed by atoms with Crippen LogP contribution in [0.2, 0.25) is 0 Å². The number of aliphatic hydroxyl groups excluding tert-OH is 1. The standard InChI is InChI=1S/C14H25N3O2/c1-3-6-17(12-4-5-12)13-7-11(10-18)8-16(9-13)14(19)15-2/h3,11-13,18H,1,4-10H2,2H3,(H,15,19). The highest BCUT2D eigenvalue weighted by Crippen LogP contribution is 2.32. The van der Waals surface area contributed by atoms with Crippen LogP contribution in [0.3, 0.4) is 0 Å². The van der Waals surface area contributed by atoms with Gasteiger partial charge in [0.1, 0.15) is 0 Å². The summed E-state index contributed by atoms with van der Waals surface area (Å²) < 4.78 is 0. The van der Waals surface area contributed by atoms with Gasteiger partial charge in [-0.3, -0.25) is 4.90 Å². The fraction of sp³-hybridized carbons (Fsp3) is 0.786. The molecule has 0 radical (unpaired) electrons. The third kappa shape index (κ3) is 3.48. The van der Waals surface area contributed by atoms with Gasteiger partial charge in [-0.15, -0.1) is 6.58 Å². The van der Waals surface area contributed by atoms with Crippen molar-refractivity contribution in [3.05, 3.63) is 12.7 Å². The van der Waals surface area contributed by atoms with E-state index < -0.39 is 0 Å². The van der Waals surface area contributed by atoms with Crippen LogP contribution in [-0.2, 0) is 0 Å². The minimum Gasteiger partial charge on any atom is -0.396 e. The lowest BCUT2D eigenvalue weighted by molar-refractivity contribution is 0.0610. The molecule has 0 aromatic heterocycles. The van der Waals surface area contributed by atoms with E-state index in [0.717, 1.165) is 19.5 Å². The predicted octanol–water partition coefficient (Wildman–Crippen LogP) is 0.659. The van der Waals surface area contributed by atoms with Crippen molar-refractivity contribution < 1.29 is 9.90 Å². The molecule has 0 aromatic rings. The highest BCUT2D eigenvalue weighted by atomic mass is 16.3. The molecule has 0 aromatic carbocycles. The highest BCUT2D eigenvalue weighted by molar-refractivity contribution is 5.74. The average molecular weight is 267 g/mol. The number of urea groups is 1. The topological polar surface area (TPSA) is 55.8 Å². The summed E-state index contributed by atoms with van der Waals surface area (Å²) in [5, 5.41) is 12.1. The number of piperidine rings is 1. The second-order valence-electron chi connectivity index (χ2n) is 5.61. The molecule has 0 bridgehead atoms. The number of hydrogen-bond donors (Lipinski definition) is 2. The molecule has 19 heavy (non-hydrogen) atoms. The summed E-state index contributed by atoms with van der Waals surface area (Å²) in [5.74, 6) is 0.183. The van der Waals surface area contributed by atoms with Crippen molar-refractivity contribution >= 4 is 6.03 Å². The minimum absolute atomic E-state index is 0.0440. The Morgan fingerprint density at radius 1 is 1.47 bits per heavy atom. The Kier molecular flexibility index (Phi) is 4.82. The Hall–Kier alpha value is -1.07. The Bertz CT molecular complexity index is 331. The van der Waals surface area contributed by atoms with Crippen LogP contribution in [0.5, 0.6) is 0 Å². The Balaban J connectivity index is 2.04. The number of carbonyl (C=O) groups is 1. The number of nitrogens with zero attached hydrogens (tertiary/aromatic N) is 2. The van der Waals surface area contributed by atoms with Crippen molar-refractivity contribution in [1.29, 1.82) is 0 Å². The van der Waals surface area contributed by atoms with Gasteiger partial charge in [-0.2, -0.15) is 0 Å². The number of likely N-dealkylation sites (tertiary alicyclic amines) is 1. The summed E-state index contributed by atoms with van der Waals surface area (Å²) in [6, 6.07) is 0.943. The SMILES string of the molecule is C=CCN(C1CC1)C1CC(CO)CN(C(=O)NC)C1. The van der Waals surface area contributed by atoms with Crippen molar-refractivity contribution in [1.82, 2.24) is 15.1 Å². The van der Waals surface area contributed by atoms with E-state index in [9.17, 15) is 9.90 Å². The van der Waals surface area contributed by atoms with Crippen LogP contribution in [0.1, 0.15) is 19.3 Å². The third-order valence-corrected chi connectivity index (χ3v) is 4.10. The highest BCUT2D eigenvalue weighted by Gasteiger charge is 2.38. The molecule has 2 unspecified atom stereocenters. The molecule has 2 N–H and O–H groups in total.